The number of anilines is 1. The summed E-state index contributed by atoms with van der Waals surface area (Å²) in [5, 5.41) is 3.21. The van der Waals surface area contributed by atoms with E-state index in [0.29, 0.717) is 25.1 Å². The second-order valence-corrected chi connectivity index (χ2v) is 12.4. The summed E-state index contributed by atoms with van der Waals surface area (Å²) in [4.78, 5) is 28.7. The molecule has 208 valence electrons. The van der Waals surface area contributed by atoms with Crippen molar-refractivity contribution >= 4 is 27.5 Å². The van der Waals surface area contributed by atoms with E-state index >= 15 is 0 Å². The highest BCUT2D eigenvalue weighted by Crippen LogP contribution is 2.22. The molecule has 0 saturated heterocycles. The Morgan fingerprint density at radius 1 is 1.03 bits per heavy atom. The fourth-order valence-electron chi connectivity index (χ4n) is 5.22. The van der Waals surface area contributed by atoms with Crippen molar-refractivity contribution in [3.8, 4) is 0 Å². The average molecular weight is 542 g/mol. The third-order valence-electron chi connectivity index (χ3n) is 7.38. The van der Waals surface area contributed by atoms with Crippen molar-refractivity contribution < 1.29 is 18.0 Å². The summed E-state index contributed by atoms with van der Waals surface area (Å²) in [5.41, 5.74) is 3.62. The van der Waals surface area contributed by atoms with Crippen LogP contribution in [0, 0.1) is 13.8 Å². The van der Waals surface area contributed by atoms with E-state index < -0.39 is 16.1 Å². The number of amides is 2. The summed E-state index contributed by atoms with van der Waals surface area (Å²) in [7, 11) is -3.51. The molecule has 1 unspecified atom stereocenters. The lowest BCUT2D eigenvalue weighted by Gasteiger charge is -2.33. The van der Waals surface area contributed by atoms with Gasteiger partial charge in [-0.05, 0) is 68.4 Å². The van der Waals surface area contributed by atoms with Gasteiger partial charge in [0.1, 0.15) is 6.04 Å². The van der Waals surface area contributed by atoms with Gasteiger partial charge in [0.2, 0.25) is 21.8 Å². The molecule has 8 heteroatoms. The Morgan fingerprint density at radius 3 is 2.37 bits per heavy atom. The predicted molar refractivity (Wildman–Crippen MR) is 153 cm³/mol. The van der Waals surface area contributed by atoms with Crippen LogP contribution in [0.5, 0.6) is 0 Å². The van der Waals surface area contributed by atoms with Gasteiger partial charge in [-0.25, -0.2) is 8.42 Å². The van der Waals surface area contributed by atoms with Crippen LogP contribution in [0.15, 0.2) is 48.5 Å². The Labute approximate surface area is 228 Å². The molecule has 1 N–H and O–H groups in total. The van der Waals surface area contributed by atoms with Crippen molar-refractivity contribution in [1.29, 1.82) is 0 Å². The van der Waals surface area contributed by atoms with Crippen LogP contribution < -0.4 is 9.62 Å². The Morgan fingerprint density at radius 2 is 1.74 bits per heavy atom. The van der Waals surface area contributed by atoms with E-state index in [-0.39, 0.29) is 30.8 Å². The molecule has 1 saturated carbocycles. The van der Waals surface area contributed by atoms with Gasteiger partial charge in [-0.2, -0.15) is 0 Å². The molecule has 0 aliphatic heterocycles. The topological polar surface area (TPSA) is 86.8 Å². The number of carbonyl (C=O) groups is 2. The normalized spacial score (nSPS) is 15.1. The molecule has 38 heavy (non-hydrogen) atoms. The Kier molecular flexibility index (Phi) is 10.8. The Hall–Kier alpha value is -2.87. The van der Waals surface area contributed by atoms with Crippen molar-refractivity contribution in [2.75, 3.05) is 17.1 Å². The molecular formula is C30H43N3O4S. The third kappa shape index (κ3) is 8.32. The fourth-order valence-corrected chi connectivity index (χ4v) is 6.18. The summed E-state index contributed by atoms with van der Waals surface area (Å²) in [6, 6.07) is 14.8. The van der Waals surface area contributed by atoms with E-state index in [0.717, 1.165) is 42.4 Å². The van der Waals surface area contributed by atoms with E-state index in [1.165, 1.54) is 17.0 Å². The van der Waals surface area contributed by atoms with Crippen LogP contribution in [-0.2, 0) is 26.2 Å². The molecule has 0 heterocycles. The smallest absolute Gasteiger partial charge is 0.243 e. The Bertz CT molecular complexity index is 1190. The molecule has 0 radical (unpaired) electrons. The molecule has 3 rings (SSSR count). The van der Waals surface area contributed by atoms with E-state index in [1.54, 1.807) is 11.0 Å². The highest BCUT2D eigenvalue weighted by atomic mass is 32.2. The Balaban J connectivity index is 1.76. The molecular weight excluding hydrogens is 498 g/mol. The fraction of sp³-hybridized carbons (Fsp3) is 0.533. The van der Waals surface area contributed by atoms with Gasteiger partial charge in [0.15, 0.2) is 0 Å². The monoisotopic (exact) mass is 541 g/mol. The maximum Gasteiger partial charge on any atom is 0.243 e. The zero-order valence-corrected chi connectivity index (χ0v) is 24.1. The quantitative estimate of drug-likeness (QED) is 0.405. The van der Waals surface area contributed by atoms with Gasteiger partial charge in [0.05, 0.1) is 11.9 Å². The minimum atomic E-state index is -3.51. The van der Waals surface area contributed by atoms with Gasteiger partial charge >= 0.3 is 0 Å². The van der Waals surface area contributed by atoms with Gasteiger partial charge in [-0.3, -0.25) is 13.9 Å². The first-order valence-corrected chi connectivity index (χ1v) is 15.6. The number of nitrogens with one attached hydrogen (secondary N) is 1. The van der Waals surface area contributed by atoms with Gasteiger partial charge < -0.3 is 10.2 Å². The van der Waals surface area contributed by atoms with Crippen molar-refractivity contribution in [3.05, 3.63) is 65.2 Å². The van der Waals surface area contributed by atoms with Crippen LogP contribution in [0.25, 0.3) is 0 Å². The molecule has 2 aromatic carbocycles. The number of nitrogens with zero attached hydrogens (tertiary/aromatic N) is 2. The summed E-state index contributed by atoms with van der Waals surface area (Å²) in [5.74, 6) is -0.240. The molecule has 0 spiro atoms. The van der Waals surface area contributed by atoms with Crippen molar-refractivity contribution in [1.82, 2.24) is 10.2 Å². The first-order chi connectivity index (χ1) is 18.1. The minimum absolute atomic E-state index is 0.0983. The SMILES string of the molecule is CCC(C(=O)NC1CCCCC1)N(Cc1ccccc1C)C(=O)CCCN(c1cccc(C)c1)S(C)(=O)=O. The zero-order chi connectivity index (χ0) is 27.7. The highest BCUT2D eigenvalue weighted by molar-refractivity contribution is 7.92. The molecule has 2 aromatic rings. The van der Waals surface area contributed by atoms with Crippen molar-refractivity contribution in [2.45, 2.75) is 90.8 Å². The minimum Gasteiger partial charge on any atom is -0.352 e. The first-order valence-electron chi connectivity index (χ1n) is 13.8. The summed E-state index contributed by atoms with van der Waals surface area (Å²) >= 11 is 0. The van der Waals surface area contributed by atoms with E-state index in [4.69, 9.17) is 0 Å². The molecule has 0 aromatic heterocycles. The molecule has 7 nitrogen and oxygen atoms in total. The van der Waals surface area contributed by atoms with Gasteiger partial charge in [0, 0.05) is 25.6 Å². The van der Waals surface area contributed by atoms with Crippen LogP contribution in [0.2, 0.25) is 0 Å². The maximum atomic E-state index is 13.7. The number of hydrogen-bond donors (Lipinski definition) is 1. The zero-order valence-electron chi connectivity index (χ0n) is 23.3. The van der Waals surface area contributed by atoms with Gasteiger partial charge in [-0.15, -0.1) is 0 Å². The standard InChI is InChI=1S/C30H43N3O4S/c1-5-28(30(35)31-26-16-7-6-8-17-26)32(22-25-15-10-9-14-24(25)3)29(34)19-12-20-33(38(4,36)37)27-18-11-13-23(2)21-27/h9-11,13-15,18,21,26,28H,5-8,12,16-17,19-20,22H2,1-4H3,(H,31,35). The van der Waals surface area contributed by atoms with Gasteiger partial charge in [-0.1, -0.05) is 62.6 Å². The molecule has 2 amide bonds. The number of aryl methyl sites for hydroxylation is 2. The summed E-state index contributed by atoms with van der Waals surface area (Å²) in [6.45, 7) is 6.40. The molecule has 0 bridgehead atoms. The number of benzene rings is 2. The van der Waals surface area contributed by atoms with Crippen LogP contribution in [-0.4, -0.2) is 50.0 Å². The largest absolute Gasteiger partial charge is 0.352 e. The highest BCUT2D eigenvalue weighted by Gasteiger charge is 2.30. The third-order valence-corrected chi connectivity index (χ3v) is 8.58. The van der Waals surface area contributed by atoms with E-state index in [2.05, 4.69) is 5.32 Å². The molecule has 1 aliphatic rings. The number of hydrogen-bond acceptors (Lipinski definition) is 4. The summed E-state index contributed by atoms with van der Waals surface area (Å²) < 4.78 is 26.4. The summed E-state index contributed by atoms with van der Waals surface area (Å²) in [6.07, 6.45) is 7.59. The lowest BCUT2D eigenvalue weighted by Crippen LogP contribution is -2.51. The predicted octanol–water partition coefficient (Wildman–Crippen LogP) is 5.11. The van der Waals surface area contributed by atoms with E-state index in [1.807, 2.05) is 63.2 Å². The number of rotatable bonds is 12. The van der Waals surface area contributed by atoms with Crippen molar-refractivity contribution in [2.24, 2.45) is 0 Å². The van der Waals surface area contributed by atoms with Crippen LogP contribution >= 0.6 is 0 Å². The number of sulfonamides is 1. The van der Waals surface area contributed by atoms with Crippen LogP contribution in [0.1, 0.15) is 75.0 Å². The number of carbonyl (C=O) groups excluding carboxylic acids is 2. The first kappa shape index (κ1) is 29.7. The van der Waals surface area contributed by atoms with Crippen LogP contribution in [0.4, 0.5) is 5.69 Å². The maximum absolute atomic E-state index is 13.7. The molecule has 1 aliphatic carbocycles. The second kappa shape index (κ2) is 13.8. The molecule has 1 fully saturated rings. The lowest BCUT2D eigenvalue weighted by molar-refractivity contribution is -0.141. The average Bonchev–Trinajstić information content (AvgIpc) is 2.87. The van der Waals surface area contributed by atoms with Crippen LogP contribution in [0.3, 0.4) is 0 Å². The van der Waals surface area contributed by atoms with Crippen molar-refractivity contribution in [3.63, 3.8) is 0 Å². The second-order valence-electron chi connectivity index (χ2n) is 10.5. The molecule has 1 atom stereocenters. The lowest BCUT2D eigenvalue weighted by atomic mass is 9.95. The van der Waals surface area contributed by atoms with Gasteiger partial charge in [0.25, 0.3) is 0 Å². The van der Waals surface area contributed by atoms with E-state index in [9.17, 15) is 18.0 Å².